The molecule has 0 bridgehead atoms. The first-order valence-corrected chi connectivity index (χ1v) is 8.81. The Balaban J connectivity index is 0.00000312. The van der Waals surface area contributed by atoms with Crippen molar-refractivity contribution in [3.63, 3.8) is 0 Å². The Morgan fingerprint density at radius 3 is 2.80 bits per heavy atom. The van der Waals surface area contributed by atoms with Crippen LogP contribution in [0.5, 0.6) is 5.88 Å². The second-order valence-corrected chi connectivity index (χ2v) is 6.68. The summed E-state index contributed by atoms with van der Waals surface area (Å²) in [5, 5.41) is 6.95. The average Bonchev–Trinajstić information content (AvgIpc) is 2.94. The minimum Gasteiger partial charge on any atom is -0.481 e. The van der Waals surface area contributed by atoms with Crippen molar-refractivity contribution in [2.45, 2.75) is 46.3 Å². The molecule has 1 aromatic rings. The van der Waals surface area contributed by atoms with E-state index >= 15 is 0 Å². The van der Waals surface area contributed by atoms with Gasteiger partial charge in [0.15, 0.2) is 5.96 Å². The lowest BCUT2D eigenvalue weighted by Gasteiger charge is -2.22. The number of pyridine rings is 1. The number of ether oxygens (including phenoxy) is 1. The van der Waals surface area contributed by atoms with Crippen LogP contribution in [0.4, 0.5) is 0 Å². The van der Waals surface area contributed by atoms with Gasteiger partial charge in [-0.05, 0) is 38.3 Å². The van der Waals surface area contributed by atoms with E-state index in [1.54, 1.807) is 13.3 Å². The van der Waals surface area contributed by atoms with Crippen molar-refractivity contribution in [2.75, 3.05) is 26.7 Å². The molecule has 1 fully saturated rings. The highest BCUT2D eigenvalue weighted by molar-refractivity contribution is 14.0. The Bertz CT molecular complexity index is 552. The summed E-state index contributed by atoms with van der Waals surface area (Å²) in [5.74, 6) is 2.10. The number of halogens is 1. The van der Waals surface area contributed by atoms with Crippen LogP contribution in [0.1, 0.15) is 33.3 Å². The molecule has 142 valence electrons. The molecule has 0 amide bonds. The highest BCUT2D eigenvalue weighted by Gasteiger charge is 2.31. The monoisotopic (exact) mass is 461 g/mol. The third-order valence-electron chi connectivity index (χ3n) is 4.47. The predicted octanol–water partition coefficient (Wildman–Crippen LogP) is 2.49. The number of likely N-dealkylation sites (tertiary alicyclic amines) is 1. The summed E-state index contributed by atoms with van der Waals surface area (Å²) in [4.78, 5) is 11.4. The fourth-order valence-corrected chi connectivity index (χ4v) is 2.94. The standard InChI is InChI=1S/C18H31N5O.HI/c1-6-19-18(21-10-15-7-8-20-17(9-15)24-5)22-16-12-23(13(2)3)11-14(16)4;/h7-9,13-14,16H,6,10-12H2,1-5H3,(H2,19,21,22);1H. The lowest BCUT2D eigenvalue weighted by atomic mass is 10.1. The van der Waals surface area contributed by atoms with Crippen molar-refractivity contribution in [1.82, 2.24) is 20.5 Å². The van der Waals surface area contributed by atoms with E-state index in [-0.39, 0.29) is 24.0 Å². The molecule has 2 N–H and O–H groups in total. The molecule has 2 rings (SSSR count). The Hall–Kier alpha value is -1.09. The second kappa shape index (κ2) is 10.8. The minimum absolute atomic E-state index is 0. The molecule has 1 saturated heterocycles. The molecule has 0 aromatic carbocycles. The third kappa shape index (κ3) is 6.62. The second-order valence-electron chi connectivity index (χ2n) is 6.68. The quantitative estimate of drug-likeness (QED) is 0.387. The van der Waals surface area contributed by atoms with Gasteiger partial charge < -0.3 is 15.4 Å². The van der Waals surface area contributed by atoms with Crippen LogP contribution >= 0.6 is 24.0 Å². The molecule has 0 spiro atoms. The van der Waals surface area contributed by atoms with E-state index in [9.17, 15) is 0 Å². The molecule has 0 aliphatic carbocycles. The van der Waals surface area contributed by atoms with Crippen molar-refractivity contribution in [2.24, 2.45) is 10.9 Å². The Morgan fingerprint density at radius 2 is 2.20 bits per heavy atom. The maximum Gasteiger partial charge on any atom is 0.213 e. The zero-order valence-corrected chi connectivity index (χ0v) is 18.3. The largest absolute Gasteiger partial charge is 0.481 e. The van der Waals surface area contributed by atoms with Crippen LogP contribution in [0.2, 0.25) is 0 Å². The number of nitrogens with zero attached hydrogens (tertiary/aromatic N) is 3. The number of aliphatic imine (C=N–C) groups is 1. The smallest absolute Gasteiger partial charge is 0.213 e. The van der Waals surface area contributed by atoms with Crippen LogP contribution in [0.25, 0.3) is 0 Å². The Labute approximate surface area is 168 Å². The zero-order valence-electron chi connectivity index (χ0n) is 16.0. The zero-order chi connectivity index (χ0) is 17.5. The molecule has 7 heteroatoms. The fraction of sp³-hybridized carbons (Fsp3) is 0.667. The molecular weight excluding hydrogens is 429 g/mol. The molecule has 2 heterocycles. The van der Waals surface area contributed by atoms with Crippen LogP contribution in [-0.2, 0) is 6.54 Å². The van der Waals surface area contributed by atoms with E-state index in [1.165, 1.54) is 0 Å². The molecule has 0 radical (unpaired) electrons. The van der Waals surface area contributed by atoms with Crippen molar-refractivity contribution in [3.8, 4) is 5.88 Å². The number of methoxy groups -OCH3 is 1. The lowest BCUT2D eigenvalue weighted by molar-refractivity contribution is 0.265. The van der Waals surface area contributed by atoms with Gasteiger partial charge in [0.1, 0.15) is 0 Å². The van der Waals surface area contributed by atoms with E-state index in [0.29, 0.717) is 30.4 Å². The van der Waals surface area contributed by atoms with Crippen molar-refractivity contribution in [1.29, 1.82) is 0 Å². The first-order valence-electron chi connectivity index (χ1n) is 8.81. The van der Waals surface area contributed by atoms with Gasteiger partial charge in [-0.1, -0.05) is 6.92 Å². The summed E-state index contributed by atoms with van der Waals surface area (Å²) in [6.07, 6.45) is 1.75. The molecule has 1 aliphatic rings. The van der Waals surface area contributed by atoms with Crippen molar-refractivity contribution in [3.05, 3.63) is 23.9 Å². The first kappa shape index (κ1) is 22.0. The molecule has 1 aromatic heterocycles. The summed E-state index contributed by atoms with van der Waals surface area (Å²) < 4.78 is 5.17. The van der Waals surface area contributed by atoms with Gasteiger partial charge in [0.05, 0.1) is 13.7 Å². The lowest BCUT2D eigenvalue weighted by Crippen LogP contribution is -2.46. The molecule has 25 heavy (non-hydrogen) atoms. The SMILES string of the molecule is CCNC(=NCc1ccnc(OC)c1)NC1CN(C(C)C)CC1C.I. The van der Waals surface area contributed by atoms with E-state index in [2.05, 4.69) is 48.2 Å². The number of rotatable bonds is 6. The van der Waals surface area contributed by atoms with Gasteiger partial charge in [0.2, 0.25) is 5.88 Å². The summed E-state index contributed by atoms with van der Waals surface area (Å²) in [6.45, 7) is 12.5. The number of aromatic nitrogens is 1. The molecule has 0 saturated carbocycles. The van der Waals surface area contributed by atoms with Crippen LogP contribution in [0, 0.1) is 5.92 Å². The first-order chi connectivity index (χ1) is 11.5. The van der Waals surface area contributed by atoms with Crippen molar-refractivity contribution < 1.29 is 4.74 Å². The van der Waals surface area contributed by atoms with Gasteiger partial charge >= 0.3 is 0 Å². The van der Waals surface area contributed by atoms with E-state index in [4.69, 9.17) is 9.73 Å². The van der Waals surface area contributed by atoms with Crippen LogP contribution in [-0.4, -0.2) is 54.7 Å². The van der Waals surface area contributed by atoms with Gasteiger partial charge in [-0.3, -0.25) is 4.90 Å². The maximum absolute atomic E-state index is 5.17. The summed E-state index contributed by atoms with van der Waals surface area (Å²) in [6, 6.07) is 4.90. The average molecular weight is 461 g/mol. The van der Waals surface area contributed by atoms with Gasteiger partial charge in [-0.2, -0.15) is 0 Å². The molecule has 2 unspecified atom stereocenters. The number of hydrogen-bond acceptors (Lipinski definition) is 4. The van der Waals surface area contributed by atoms with E-state index in [0.717, 1.165) is 31.2 Å². The topological polar surface area (TPSA) is 61.8 Å². The van der Waals surface area contributed by atoms with Crippen LogP contribution in [0.3, 0.4) is 0 Å². The summed E-state index contributed by atoms with van der Waals surface area (Å²) in [5.41, 5.74) is 1.09. The number of hydrogen-bond donors (Lipinski definition) is 2. The normalized spacial score (nSPS) is 21.1. The van der Waals surface area contributed by atoms with Crippen LogP contribution < -0.4 is 15.4 Å². The van der Waals surface area contributed by atoms with Gasteiger partial charge in [0.25, 0.3) is 0 Å². The highest BCUT2D eigenvalue weighted by Crippen LogP contribution is 2.18. The summed E-state index contributed by atoms with van der Waals surface area (Å²) in [7, 11) is 1.63. The Morgan fingerprint density at radius 1 is 1.44 bits per heavy atom. The fourth-order valence-electron chi connectivity index (χ4n) is 2.94. The highest BCUT2D eigenvalue weighted by atomic mass is 127. The van der Waals surface area contributed by atoms with Gasteiger partial charge in [-0.25, -0.2) is 9.98 Å². The molecule has 6 nitrogen and oxygen atoms in total. The molecule has 2 atom stereocenters. The molecular formula is C18H32IN5O. The van der Waals surface area contributed by atoms with E-state index in [1.807, 2.05) is 12.1 Å². The van der Waals surface area contributed by atoms with Crippen LogP contribution in [0.15, 0.2) is 23.3 Å². The minimum atomic E-state index is 0. The Kier molecular flexibility index (Phi) is 9.48. The van der Waals surface area contributed by atoms with Crippen molar-refractivity contribution >= 4 is 29.9 Å². The predicted molar refractivity (Wildman–Crippen MR) is 114 cm³/mol. The number of nitrogens with one attached hydrogen (secondary N) is 2. The van der Waals surface area contributed by atoms with E-state index < -0.39 is 0 Å². The molecule has 1 aliphatic heterocycles. The van der Waals surface area contributed by atoms with Gasteiger partial charge in [0, 0.05) is 44.0 Å². The third-order valence-corrected chi connectivity index (χ3v) is 4.47. The number of guanidine groups is 1. The van der Waals surface area contributed by atoms with Gasteiger partial charge in [-0.15, -0.1) is 24.0 Å². The maximum atomic E-state index is 5.17. The summed E-state index contributed by atoms with van der Waals surface area (Å²) >= 11 is 0.